The van der Waals surface area contributed by atoms with E-state index in [9.17, 15) is 0 Å². The highest BCUT2D eigenvalue weighted by Gasteiger charge is 2.27. The van der Waals surface area contributed by atoms with Gasteiger partial charge in [0.2, 0.25) is 0 Å². The van der Waals surface area contributed by atoms with Gasteiger partial charge in [-0.25, -0.2) is 0 Å². The lowest BCUT2D eigenvalue weighted by atomic mass is 10.0. The number of nitrogens with one attached hydrogen (secondary N) is 1. The molecule has 0 aromatic rings. The maximum Gasteiger partial charge on any atom is 0.0249 e. The van der Waals surface area contributed by atoms with Gasteiger partial charge in [0, 0.05) is 18.1 Å². The SMILES string of the molecule is CNC(C)(C)CN(CCC(C)C)C1CCCC1. The van der Waals surface area contributed by atoms with Gasteiger partial charge in [0.15, 0.2) is 0 Å². The van der Waals surface area contributed by atoms with Gasteiger partial charge in [0.25, 0.3) is 0 Å². The van der Waals surface area contributed by atoms with Crippen molar-refractivity contribution in [3.05, 3.63) is 0 Å². The standard InChI is InChI=1S/C15H32N2/c1-13(2)10-11-17(12-15(3,4)16-5)14-8-6-7-9-14/h13-14,16H,6-12H2,1-5H3. The van der Waals surface area contributed by atoms with E-state index >= 15 is 0 Å². The topological polar surface area (TPSA) is 15.3 Å². The van der Waals surface area contributed by atoms with Gasteiger partial charge in [0.1, 0.15) is 0 Å². The minimum atomic E-state index is 0.236. The van der Waals surface area contributed by atoms with Crippen molar-refractivity contribution >= 4 is 0 Å². The molecule has 0 atom stereocenters. The molecule has 1 aliphatic carbocycles. The lowest BCUT2D eigenvalue weighted by Gasteiger charge is -2.36. The Morgan fingerprint density at radius 3 is 2.29 bits per heavy atom. The summed E-state index contributed by atoms with van der Waals surface area (Å²) in [4.78, 5) is 2.74. The number of rotatable bonds is 7. The van der Waals surface area contributed by atoms with Crippen molar-refractivity contribution in [2.24, 2.45) is 5.92 Å². The van der Waals surface area contributed by atoms with Crippen LogP contribution in [0.15, 0.2) is 0 Å². The largest absolute Gasteiger partial charge is 0.314 e. The first kappa shape index (κ1) is 15.0. The lowest BCUT2D eigenvalue weighted by molar-refractivity contribution is 0.145. The van der Waals surface area contributed by atoms with Gasteiger partial charge in [-0.15, -0.1) is 0 Å². The minimum Gasteiger partial charge on any atom is -0.314 e. The average Bonchev–Trinajstić information content (AvgIpc) is 2.77. The molecule has 2 heteroatoms. The molecule has 0 aromatic heterocycles. The average molecular weight is 240 g/mol. The van der Waals surface area contributed by atoms with Crippen LogP contribution in [0, 0.1) is 5.92 Å². The molecule has 2 nitrogen and oxygen atoms in total. The molecule has 0 spiro atoms. The number of nitrogens with zero attached hydrogens (tertiary/aromatic N) is 1. The van der Waals surface area contributed by atoms with Gasteiger partial charge in [0.05, 0.1) is 0 Å². The quantitative estimate of drug-likeness (QED) is 0.735. The molecule has 0 aliphatic heterocycles. The van der Waals surface area contributed by atoms with E-state index in [1.165, 1.54) is 45.2 Å². The van der Waals surface area contributed by atoms with Crippen molar-refractivity contribution in [3.8, 4) is 0 Å². The molecule has 1 fully saturated rings. The fourth-order valence-electron chi connectivity index (χ4n) is 2.67. The summed E-state index contributed by atoms with van der Waals surface area (Å²) < 4.78 is 0. The molecule has 1 aliphatic rings. The van der Waals surface area contributed by atoms with E-state index in [4.69, 9.17) is 0 Å². The fraction of sp³-hybridized carbons (Fsp3) is 1.00. The van der Waals surface area contributed by atoms with Crippen LogP contribution >= 0.6 is 0 Å². The number of likely N-dealkylation sites (N-methyl/N-ethyl adjacent to an activating group) is 1. The summed E-state index contributed by atoms with van der Waals surface area (Å²) >= 11 is 0. The first-order valence-electron chi connectivity index (χ1n) is 7.37. The highest BCUT2D eigenvalue weighted by molar-refractivity contribution is 4.85. The molecule has 0 radical (unpaired) electrons. The second-order valence-electron chi connectivity index (χ2n) is 6.73. The molecule has 0 saturated heterocycles. The summed E-state index contributed by atoms with van der Waals surface area (Å²) in [5.41, 5.74) is 0.236. The molecular formula is C15H32N2. The summed E-state index contributed by atoms with van der Waals surface area (Å²) in [5, 5.41) is 3.44. The van der Waals surface area contributed by atoms with Gasteiger partial charge in [-0.1, -0.05) is 26.7 Å². The fourth-order valence-corrected chi connectivity index (χ4v) is 2.67. The monoisotopic (exact) mass is 240 g/mol. The molecule has 0 aromatic carbocycles. The lowest BCUT2D eigenvalue weighted by Crippen LogP contribution is -2.50. The first-order valence-corrected chi connectivity index (χ1v) is 7.37. The van der Waals surface area contributed by atoms with Crippen LogP contribution in [0.3, 0.4) is 0 Å². The van der Waals surface area contributed by atoms with Crippen LogP contribution in [0.4, 0.5) is 0 Å². The normalized spacial score (nSPS) is 18.5. The predicted octanol–water partition coefficient (Wildman–Crippen LogP) is 3.28. The zero-order valence-corrected chi connectivity index (χ0v) is 12.6. The van der Waals surface area contributed by atoms with Gasteiger partial charge in [-0.2, -0.15) is 0 Å². The van der Waals surface area contributed by atoms with Crippen LogP contribution in [0.25, 0.3) is 0 Å². The molecule has 102 valence electrons. The van der Waals surface area contributed by atoms with Crippen LogP contribution in [0.1, 0.15) is 59.8 Å². The van der Waals surface area contributed by atoms with Gasteiger partial charge < -0.3 is 5.32 Å². The highest BCUT2D eigenvalue weighted by Crippen LogP contribution is 2.25. The van der Waals surface area contributed by atoms with E-state index in [1.807, 2.05) is 0 Å². The molecule has 1 N–H and O–H groups in total. The minimum absolute atomic E-state index is 0.236. The molecule has 0 heterocycles. The molecule has 0 amide bonds. The van der Waals surface area contributed by atoms with Crippen LogP contribution in [0.5, 0.6) is 0 Å². The molecule has 17 heavy (non-hydrogen) atoms. The third-order valence-electron chi connectivity index (χ3n) is 4.11. The Kier molecular flexibility index (Phi) is 5.94. The summed E-state index contributed by atoms with van der Waals surface area (Å²) in [7, 11) is 2.08. The predicted molar refractivity (Wildman–Crippen MR) is 76.4 cm³/mol. The Morgan fingerprint density at radius 1 is 1.24 bits per heavy atom. The number of hydrogen-bond acceptors (Lipinski definition) is 2. The van der Waals surface area contributed by atoms with E-state index in [0.717, 1.165) is 12.0 Å². The van der Waals surface area contributed by atoms with E-state index in [1.54, 1.807) is 0 Å². The van der Waals surface area contributed by atoms with Crippen LogP contribution in [-0.4, -0.2) is 36.6 Å². The summed E-state index contributed by atoms with van der Waals surface area (Å²) in [6.45, 7) is 11.7. The third kappa shape index (κ3) is 5.39. The van der Waals surface area contributed by atoms with E-state index in [-0.39, 0.29) is 5.54 Å². The second-order valence-corrected chi connectivity index (χ2v) is 6.73. The van der Waals surface area contributed by atoms with Gasteiger partial charge in [-0.3, -0.25) is 4.90 Å². The van der Waals surface area contributed by atoms with Crippen molar-refractivity contribution in [3.63, 3.8) is 0 Å². The van der Waals surface area contributed by atoms with Crippen molar-refractivity contribution in [1.29, 1.82) is 0 Å². The summed E-state index contributed by atoms with van der Waals surface area (Å²) in [6, 6.07) is 0.848. The Morgan fingerprint density at radius 2 is 1.82 bits per heavy atom. The molecule has 1 rings (SSSR count). The third-order valence-corrected chi connectivity index (χ3v) is 4.11. The molecule has 0 unspecified atom stereocenters. The zero-order chi connectivity index (χ0) is 12.9. The van der Waals surface area contributed by atoms with Crippen molar-refractivity contribution < 1.29 is 0 Å². The first-order chi connectivity index (χ1) is 7.94. The van der Waals surface area contributed by atoms with E-state index in [0.29, 0.717) is 0 Å². The molecule has 0 bridgehead atoms. The number of hydrogen-bond donors (Lipinski definition) is 1. The van der Waals surface area contributed by atoms with Crippen LogP contribution < -0.4 is 5.32 Å². The van der Waals surface area contributed by atoms with E-state index < -0.39 is 0 Å². The maximum atomic E-state index is 3.44. The van der Waals surface area contributed by atoms with Crippen molar-refractivity contribution in [1.82, 2.24) is 10.2 Å². The Balaban J connectivity index is 2.51. The van der Waals surface area contributed by atoms with Crippen molar-refractivity contribution in [2.75, 3.05) is 20.1 Å². The van der Waals surface area contributed by atoms with Crippen molar-refractivity contribution in [2.45, 2.75) is 71.4 Å². The van der Waals surface area contributed by atoms with Crippen LogP contribution in [-0.2, 0) is 0 Å². The second kappa shape index (κ2) is 6.75. The summed E-state index contributed by atoms with van der Waals surface area (Å²) in [6.07, 6.45) is 7.03. The Bertz CT molecular complexity index is 205. The van der Waals surface area contributed by atoms with E-state index in [2.05, 4.69) is 45.0 Å². The smallest absolute Gasteiger partial charge is 0.0249 e. The van der Waals surface area contributed by atoms with Gasteiger partial charge in [-0.05, 0) is 52.6 Å². The van der Waals surface area contributed by atoms with Crippen LogP contribution in [0.2, 0.25) is 0 Å². The molecular weight excluding hydrogens is 208 g/mol. The Hall–Kier alpha value is -0.0800. The zero-order valence-electron chi connectivity index (χ0n) is 12.6. The maximum absolute atomic E-state index is 3.44. The summed E-state index contributed by atoms with van der Waals surface area (Å²) in [5.74, 6) is 0.816. The molecule has 1 saturated carbocycles. The van der Waals surface area contributed by atoms with Gasteiger partial charge >= 0.3 is 0 Å². The highest BCUT2D eigenvalue weighted by atomic mass is 15.2. The Labute approximate surface area is 108 Å².